The summed E-state index contributed by atoms with van der Waals surface area (Å²) in [6.07, 6.45) is 0.785. The molecule has 106 valence electrons. The molecule has 0 saturated heterocycles. The quantitative estimate of drug-likeness (QED) is 0.892. The number of aliphatic hydroxyl groups is 1. The lowest BCUT2D eigenvalue weighted by Gasteiger charge is -2.23. The van der Waals surface area contributed by atoms with E-state index >= 15 is 0 Å². The Kier molecular flexibility index (Phi) is 4.46. The van der Waals surface area contributed by atoms with E-state index in [9.17, 15) is 5.11 Å². The first kappa shape index (κ1) is 14.6. The van der Waals surface area contributed by atoms with Gasteiger partial charge in [0.1, 0.15) is 5.75 Å². The highest BCUT2D eigenvalue weighted by Crippen LogP contribution is 2.31. The molecule has 2 rings (SSSR count). The SMILES string of the molecule is COc1ccc(-c2ccccc2)cc1CC(C)(C)CO. The predicted octanol–water partition coefficient (Wildman–Crippen LogP) is 3.92. The minimum Gasteiger partial charge on any atom is -0.496 e. The van der Waals surface area contributed by atoms with Crippen molar-refractivity contribution in [3.63, 3.8) is 0 Å². The average Bonchev–Trinajstić information content (AvgIpc) is 2.48. The standard InChI is InChI=1S/C18H22O2/c1-18(2,13-19)12-16-11-15(9-10-17(16)20-3)14-7-5-4-6-8-14/h4-11,19H,12-13H2,1-3H3. The number of hydrogen-bond acceptors (Lipinski definition) is 2. The van der Waals surface area contributed by atoms with Crippen molar-refractivity contribution >= 4 is 0 Å². The van der Waals surface area contributed by atoms with Gasteiger partial charge in [-0.3, -0.25) is 0 Å². The third kappa shape index (κ3) is 3.40. The van der Waals surface area contributed by atoms with Crippen LogP contribution in [0.5, 0.6) is 5.75 Å². The average molecular weight is 270 g/mol. The molecule has 0 fully saturated rings. The third-order valence-electron chi connectivity index (χ3n) is 3.48. The van der Waals surface area contributed by atoms with Crippen LogP contribution in [-0.4, -0.2) is 18.8 Å². The highest BCUT2D eigenvalue weighted by Gasteiger charge is 2.19. The van der Waals surface area contributed by atoms with Crippen LogP contribution in [0.15, 0.2) is 48.5 Å². The van der Waals surface area contributed by atoms with Gasteiger partial charge in [0.05, 0.1) is 7.11 Å². The maximum atomic E-state index is 9.46. The van der Waals surface area contributed by atoms with Gasteiger partial charge in [-0.25, -0.2) is 0 Å². The molecule has 0 atom stereocenters. The van der Waals surface area contributed by atoms with E-state index in [1.165, 1.54) is 11.1 Å². The minimum atomic E-state index is -0.150. The fourth-order valence-electron chi connectivity index (χ4n) is 2.30. The van der Waals surface area contributed by atoms with Gasteiger partial charge in [-0.05, 0) is 40.7 Å². The summed E-state index contributed by atoms with van der Waals surface area (Å²) >= 11 is 0. The van der Waals surface area contributed by atoms with Crippen molar-refractivity contribution in [3.05, 3.63) is 54.1 Å². The fraction of sp³-hybridized carbons (Fsp3) is 0.333. The molecule has 2 aromatic carbocycles. The molecule has 0 radical (unpaired) electrons. The van der Waals surface area contributed by atoms with Gasteiger partial charge in [-0.2, -0.15) is 0 Å². The Bertz CT molecular complexity index is 559. The first-order valence-electron chi connectivity index (χ1n) is 6.89. The van der Waals surface area contributed by atoms with Crippen LogP contribution in [0, 0.1) is 5.41 Å². The van der Waals surface area contributed by atoms with E-state index in [4.69, 9.17) is 4.74 Å². The zero-order valence-corrected chi connectivity index (χ0v) is 12.4. The highest BCUT2D eigenvalue weighted by atomic mass is 16.5. The van der Waals surface area contributed by atoms with E-state index in [2.05, 4.69) is 38.1 Å². The second-order valence-corrected chi connectivity index (χ2v) is 5.89. The molecule has 2 aromatic rings. The van der Waals surface area contributed by atoms with Crippen molar-refractivity contribution in [1.82, 2.24) is 0 Å². The molecule has 2 nitrogen and oxygen atoms in total. The molecular weight excluding hydrogens is 248 g/mol. The molecule has 2 heteroatoms. The summed E-state index contributed by atoms with van der Waals surface area (Å²) in [5.74, 6) is 0.881. The number of rotatable bonds is 5. The molecule has 0 heterocycles. The molecule has 0 aliphatic heterocycles. The summed E-state index contributed by atoms with van der Waals surface area (Å²) in [6.45, 7) is 4.27. The van der Waals surface area contributed by atoms with E-state index < -0.39 is 0 Å². The number of aliphatic hydroxyl groups excluding tert-OH is 1. The Morgan fingerprint density at radius 2 is 1.70 bits per heavy atom. The summed E-state index contributed by atoms with van der Waals surface area (Å²) in [7, 11) is 1.69. The Hall–Kier alpha value is -1.80. The Balaban J connectivity index is 2.39. The van der Waals surface area contributed by atoms with Gasteiger partial charge in [0.2, 0.25) is 0 Å². The third-order valence-corrected chi connectivity index (χ3v) is 3.48. The smallest absolute Gasteiger partial charge is 0.122 e. The van der Waals surface area contributed by atoms with Crippen LogP contribution in [0.2, 0.25) is 0 Å². The Morgan fingerprint density at radius 3 is 2.30 bits per heavy atom. The van der Waals surface area contributed by atoms with Crippen molar-refractivity contribution in [2.24, 2.45) is 5.41 Å². The summed E-state index contributed by atoms with van der Waals surface area (Å²) in [6, 6.07) is 16.5. The lowest BCUT2D eigenvalue weighted by molar-refractivity contribution is 0.159. The Labute approximate surface area is 121 Å². The number of methoxy groups -OCH3 is 1. The fourth-order valence-corrected chi connectivity index (χ4v) is 2.30. The van der Waals surface area contributed by atoms with Crippen LogP contribution in [-0.2, 0) is 6.42 Å². The Morgan fingerprint density at radius 1 is 1.00 bits per heavy atom. The first-order valence-corrected chi connectivity index (χ1v) is 6.89. The monoisotopic (exact) mass is 270 g/mol. The normalized spacial score (nSPS) is 11.4. The summed E-state index contributed by atoms with van der Waals surface area (Å²) in [5, 5.41) is 9.46. The van der Waals surface area contributed by atoms with E-state index in [0.717, 1.165) is 17.7 Å². The molecule has 20 heavy (non-hydrogen) atoms. The largest absolute Gasteiger partial charge is 0.496 e. The lowest BCUT2D eigenvalue weighted by Crippen LogP contribution is -2.20. The van der Waals surface area contributed by atoms with Crippen molar-refractivity contribution in [3.8, 4) is 16.9 Å². The van der Waals surface area contributed by atoms with Crippen molar-refractivity contribution in [1.29, 1.82) is 0 Å². The molecule has 0 bridgehead atoms. The van der Waals surface area contributed by atoms with Gasteiger partial charge >= 0.3 is 0 Å². The van der Waals surface area contributed by atoms with Crippen LogP contribution in [0.1, 0.15) is 19.4 Å². The van der Waals surface area contributed by atoms with Crippen LogP contribution < -0.4 is 4.74 Å². The molecular formula is C18H22O2. The molecule has 0 spiro atoms. The number of hydrogen-bond donors (Lipinski definition) is 1. The first-order chi connectivity index (χ1) is 9.55. The van der Waals surface area contributed by atoms with Gasteiger partial charge < -0.3 is 9.84 Å². The number of benzene rings is 2. The van der Waals surface area contributed by atoms with E-state index in [1.807, 2.05) is 24.3 Å². The van der Waals surface area contributed by atoms with Crippen molar-refractivity contribution < 1.29 is 9.84 Å². The van der Waals surface area contributed by atoms with E-state index in [1.54, 1.807) is 7.11 Å². The summed E-state index contributed by atoms with van der Waals surface area (Å²) < 4.78 is 5.44. The second kappa shape index (κ2) is 6.10. The molecule has 0 aromatic heterocycles. The van der Waals surface area contributed by atoms with E-state index in [-0.39, 0.29) is 12.0 Å². The predicted molar refractivity (Wildman–Crippen MR) is 83.0 cm³/mol. The van der Waals surface area contributed by atoms with Gasteiger partial charge in [0.15, 0.2) is 0 Å². The lowest BCUT2D eigenvalue weighted by atomic mass is 9.85. The second-order valence-electron chi connectivity index (χ2n) is 5.89. The summed E-state index contributed by atoms with van der Waals surface area (Å²) in [5.41, 5.74) is 3.35. The zero-order valence-electron chi connectivity index (χ0n) is 12.4. The van der Waals surface area contributed by atoms with Crippen LogP contribution in [0.25, 0.3) is 11.1 Å². The minimum absolute atomic E-state index is 0.150. The number of ether oxygens (including phenoxy) is 1. The van der Waals surface area contributed by atoms with Gasteiger partial charge in [-0.1, -0.05) is 50.2 Å². The van der Waals surface area contributed by atoms with Crippen molar-refractivity contribution in [2.75, 3.05) is 13.7 Å². The van der Waals surface area contributed by atoms with Crippen molar-refractivity contribution in [2.45, 2.75) is 20.3 Å². The highest BCUT2D eigenvalue weighted by molar-refractivity contribution is 5.65. The molecule has 1 N–H and O–H groups in total. The summed E-state index contributed by atoms with van der Waals surface area (Å²) in [4.78, 5) is 0. The molecule has 0 aliphatic rings. The van der Waals surface area contributed by atoms with Gasteiger partial charge in [0, 0.05) is 6.61 Å². The van der Waals surface area contributed by atoms with Crippen LogP contribution >= 0.6 is 0 Å². The molecule has 0 unspecified atom stereocenters. The maximum absolute atomic E-state index is 9.46. The van der Waals surface area contributed by atoms with Crippen LogP contribution in [0.4, 0.5) is 0 Å². The molecule has 0 aliphatic carbocycles. The maximum Gasteiger partial charge on any atom is 0.122 e. The van der Waals surface area contributed by atoms with E-state index in [0.29, 0.717) is 0 Å². The zero-order chi connectivity index (χ0) is 14.6. The van der Waals surface area contributed by atoms with Crippen LogP contribution in [0.3, 0.4) is 0 Å². The molecule has 0 amide bonds. The topological polar surface area (TPSA) is 29.5 Å². The molecule has 0 saturated carbocycles. The van der Waals surface area contributed by atoms with Gasteiger partial charge in [-0.15, -0.1) is 0 Å². The van der Waals surface area contributed by atoms with Gasteiger partial charge in [0.25, 0.3) is 0 Å².